The molecule has 0 aliphatic carbocycles. The molecule has 0 radical (unpaired) electrons. The quantitative estimate of drug-likeness (QED) is 0.461. The summed E-state index contributed by atoms with van der Waals surface area (Å²) < 4.78 is 5.94. The summed E-state index contributed by atoms with van der Waals surface area (Å²) in [5.41, 5.74) is -0.594. The molecule has 5 nitrogen and oxygen atoms in total. The topological polar surface area (TPSA) is 87.0 Å². The first kappa shape index (κ1) is 22.0. The number of carbonyl (C=O) groups is 1. The van der Waals surface area contributed by atoms with Gasteiger partial charge in [0.15, 0.2) is 5.78 Å². The van der Waals surface area contributed by atoms with E-state index in [4.69, 9.17) is 9.84 Å². The molecule has 5 heteroatoms. The van der Waals surface area contributed by atoms with Crippen LogP contribution in [0.4, 0.5) is 0 Å². The maximum atomic E-state index is 12.1. The van der Waals surface area contributed by atoms with Gasteiger partial charge in [-0.3, -0.25) is 4.79 Å². The molecule has 3 N–H and O–H groups in total. The minimum atomic E-state index is -0.985. The summed E-state index contributed by atoms with van der Waals surface area (Å²) in [6.45, 7) is 7.48. The van der Waals surface area contributed by atoms with Gasteiger partial charge in [-0.25, -0.2) is 0 Å². The average Bonchev–Trinajstić information content (AvgIpc) is 2.66. The molecule has 25 heavy (non-hydrogen) atoms. The van der Waals surface area contributed by atoms with Crippen molar-refractivity contribution in [1.29, 1.82) is 0 Å². The summed E-state index contributed by atoms with van der Waals surface area (Å²) in [4.78, 5) is 12.1. The maximum absolute atomic E-state index is 12.1. The van der Waals surface area contributed by atoms with Crippen LogP contribution in [0.3, 0.4) is 0 Å². The largest absolute Gasteiger partial charge is 0.392 e. The molecular formula is C20H34O5. The van der Waals surface area contributed by atoms with Crippen LogP contribution in [0.25, 0.3) is 0 Å². The summed E-state index contributed by atoms with van der Waals surface area (Å²) in [5, 5.41) is 29.1. The monoisotopic (exact) mass is 354 g/mol. The number of hydrogen-bond acceptors (Lipinski definition) is 5. The molecule has 0 spiro atoms. The molecule has 1 aliphatic rings. The van der Waals surface area contributed by atoms with Crippen molar-refractivity contribution in [3.05, 3.63) is 23.8 Å². The smallest absolute Gasteiger partial charge is 0.158 e. The van der Waals surface area contributed by atoms with Gasteiger partial charge in [-0.2, -0.15) is 0 Å². The molecular weight excluding hydrogens is 320 g/mol. The van der Waals surface area contributed by atoms with E-state index >= 15 is 0 Å². The third-order valence-electron chi connectivity index (χ3n) is 4.86. The number of aliphatic hydroxyl groups is 3. The first-order valence-electron chi connectivity index (χ1n) is 9.13. The normalized spacial score (nSPS) is 28.3. The zero-order valence-electron chi connectivity index (χ0n) is 16.0. The Balaban J connectivity index is 2.51. The van der Waals surface area contributed by atoms with E-state index in [1.54, 1.807) is 19.9 Å². The molecule has 3 atom stereocenters. The van der Waals surface area contributed by atoms with Gasteiger partial charge in [-0.15, -0.1) is 0 Å². The third kappa shape index (κ3) is 7.82. The van der Waals surface area contributed by atoms with Crippen molar-refractivity contribution in [2.45, 2.75) is 77.1 Å². The molecule has 0 unspecified atom stereocenters. The Bertz CT molecular complexity index is 489. The van der Waals surface area contributed by atoms with Gasteiger partial charge in [0.05, 0.1) is 30.5 Å². The van der Waals surface area contributed by atoms with Crippen molar-refractivity contribution in [2.24, 2.45) is 5.92 Å². The number of carbonyl (C=O) groups excluding carboxylic acids is 1. The molecule has 1 saturated heterocycles. The predicted molar refractivity (Wildman–Crippen MR) is 98.2 cm³/mol. The van der Waals surface area contributed by atoms with Gasteiger partial charge >= 0.3 is 0 Å². The molecule has 144 valence electrons. The van der Waals surface area contributed by atoms with Crippen molar-refractivity contribution in [2.75, 3.05) is 13.2 Å². The lowest BCUT2D eigenvalue weighted by molar-refractivity contribution is -0.118. The molecule has 0 aromatic carbocycles. The van der Waals surface area contributed by atoms with Crippen molar-refractivity contribution < 1.29 is 24.9 Å². The highest BCUT2D eigenvalue weighted by Crippen LogP contribution is 2.31. The third-order valence-corrected chi connectivity index (χ3v) is 4.86. The highest BCUT2D eigenvalue weighted by atomic mass is 16.5. The molecule has 1 heterocycles. The van der Waals surface area contributed by atoms with Gasteiger partial charge in [-0.05, 0) is 64.5 Å². The second-order valence-corrected chi connectivity index (χ2v) is 7.88. The second kappa shape index (κ2) is 9.62. The van der Waals surface area contributed by atoms with Crippen molar-refractivity contribution in [3.8, 4) is 0 Å². The van der Waals surface area contributed by atoms with Gasteiger partial charge in [0.1, 0.15) is 0 Å². The minimum Gasteiger partial charge on any atom is -0.392 e. The molecule has 0 saturated carbocycles. The van der Waals surface area contributed by atoms with Crippen LogP contribution in [0.5, 0.6) is 0 Å². The van der Waals surface area contributed by atoms with E-state index in [0.717, 1.165) is 18.4 Å². The van der Waals surface area contributed by atoms with Crippen LogP contribution in [0.15, 0.2) is 23.8 Å². The average molecular weight is 354 g/mol. The predicted octanol–water partition coefficient (Wildman–Crippen LogP) is 2.54. The van der Waals surface area contributed by atoms with E-state index in [-0.39, 0.29) is 18.3 Å². The molecule has 0 aromatic rings. The summed E-state index contributed by atoms with van der Waals surface area (Å²) in [6, 6.07) is 0. The zero-order valence-corrected chi connectivity index (χ0v) is 16.0. The van der Waals surface area contributed by atoms with Crippen LogP contribution < -0.4 is 0 Å². The van der Waals surface area contributed by atoms with Crippen molar-refractivity contribution >= 4 is 5.78 Å². The molecule has 0 aromatic heterocycles. The van der Waals surface area contributed by atoms with E-state index in [0.29, 0.717) is 25.9 Å². The van der Waals surface area contributed by atoms with Crippen LogP contribution in [0, 0.1) is 5.92 Å². The first-order valence-corrected chi connectivity index (χ1v) is 9.13. The number of rotatable bonds is 8. The van der Waals surface area contributed by atoms with E-state index in [1.165, 1.54) is 12.2 Å². The number of aliphatic hydroxyl groups excluding tert-OH is 2. The van der Waals surface area contributed by atoms with Crippen molar-refractivity contribution in [3.63, 3.8) is 0 Å². The van der Waals surface area contributed by atoms with Crippen LogP contribution in [0.1, 0.15) is 59.8 Å². The Morgan fingerprint density at radius 2 is 2.16 bits per heavy atom. The summed E-state index contributed by atoms with van der Waals surface area (Å²) in [7, 11) is 0. The lowest BCUT2D eigenvalue weighted by atomic mass is 9.87. The van der Waals surface area contributed by atoms with Crippen molar-refractivity contribution in [1.82, 2.24) is 0 Å². The van der Waals surface area contributed by atoms with Crippen LogP contribution in [-0.2, 0) is 9.53 Å². The number of ketones is 1. The van der Waals surface area contributed by atoms with E-state index in [9.17, 15) is 15.0 Å². The molecule has 0 bridgehead atoms. The van der Waals surface area contributed by atoms with Gasteiger partial charge in [0, 0.05) is 5.92 Å². The van der Waals surface area contributed by atoms with Crippen LogP contribution in [-0.4, -0.2) is 51.6 Å². The summed E-state index contributed by atoms with van der Waals surface area (Å²) in [5.74, 6) is -0.127. The SMILES string of the molecule is C[C@@H](CCC[C@]1(C)OC/C(=C/CO)CC[C@H]1O)C(=O)/C=C/C(C)(C)O. The highest BCUT2D eigenvalue weighted by molar-refractivity contribution is 5.91. The lowest BCUT2D eigenvalue weighted by Gasteiger charge is -2.33. The number of hydrogen-bond donors (Lipinski definition) is 3. The zero-order chi connectivity index (χ0) is 19.1. The van der Waals surface area contributed by atoms with E-state index in [1.807, 2.05) is 13.8 Å². The van der Waals surface area contributed by atoms with Gasteiger partial charge in [0.25, 0.3) is 0 Å². The summed E-state index contributed by atoms with van der Waals surface area (Å²) >= 11 is 0. The Morgan fingerprint density at radius 3 is 2.76 bits per heavy atom. The second-order valence-electron chi connectivity index (χ2n) is 7.88. The Kier molecular flexibility index (Phi) is 8.48. The maximum Gasteiger partial charge on any atom is 0.158 e. The minimum absolute atomic E-state index is 0.00257. The Morgan fingerprint density at radius 1 is 1.48 bits per heavy atom. The fourth-order valence-corrected chi connectivity index (χ4v) is 2.93. The van der Waals surface area contributed by atoms with Crippen LogP contribution in [0.2, 0.25) is 0 Å². The van der Waals surface area contributed by atoms with Gasteiger partial charge < -0.3 is 20.1 Å². The number of allylic oxidation sites excluding steroid dienone is 1. The lowest BCUT2D eigenvalue weighted by Crippen LogP contribution is -2.41. The fraction of sp³-hybridized carbons (Fsp3) is 0.750. The molecule has 1 aliphatic heterocycles. The van der Waals surface area contributed by atoms with E-state index < -0.39 is 17.3 Å². The van der Waals surface area contributed by atoms with Crippen LogP contribution >= 0.6 is 0 Å². The molecule has 1 fully saturated rings. The molecule has 0 amide bonds. The fourth-order valence-electron chi connectivity index (χ4n) is 2.93. The standard InChI is InChI=1S/C20H34O5/c1-15(17(22)9-12-19(2,3)24)6-5-11-20(4)18(23)8-7-16(10-13-21)14-25-20/h9-10,12,15,18,21,23-24H,5-8,11,13-14H2,1-4H3/b12-9+,16-10+/t15-,18+,20-/m0/s1. The molecule has 1 rings (SSSR count). The summed E-state index contributed by atoms with van der Waals surface area (Å²) in [6.07, 6.45) is 7.66. The number of ether oxygens (including phenoxy) is 1. The Hall–Kier alpha value is -1.01. The van der Waals surface area contributed by atoms with E-state index in [2.05, 4.69) is 0 Å². The van der Waals surface area contributed by atoms with Gasteiger partial charge in [0.2, 0.25) is 0 Å². The van der Waals surface area contributed by atoms with Gasteiger partial charge in [-0.1, -0.05) is 19.1 Å². The highest BCUT2D eigenvalue weighted by Gasteiger charge is 2.36. The Labute approximate surface area is 151 Å². The first-order chi connectivity index (χ1) is 11.6.